The minimum atomic E-state index is 0.452. The number of rotatable bonds is 2. The van der Waals surface area contributed by atoms with Crippen molar-refractivity contribution in [1.82, 2.24) is 19.8 Å². The maximum atomic E-state index is 5.57. The molecule has 3 fully saturated rings. The van der Waals surface area contributed by atoms with Crippen LogP contribution in [0.3, 0.4) is 0 Å². The summed E-state index contributed by atoms with van der Waals surface area (Å²) in [7, 11) is 0. The molecule has 15 heavy (non-hydrogen) atoms. The van der Waals surface area contributed by atoms with E-state index < -0.39 is 0 Å². The number of hydrogen-bond donors (Lipinski definition) is 2. The highest BCUT2D eigenvalue weighted by Crippen LogP contribution is 2.26. The largest absolute Gasteiger partial charge is 0.343 e. The van der Waals surface area contributed by atoms with Crippen LogP contribution in [0.5, 0.6) is 0 Å². The molecule has 4 rings (SSSR count). The van der Waals surface area contributed by atoms with Crippen LogP contribution in [0.25, 0.3) is 0 Å². The van der Waals surface area contributed by atoms with Gasteiger partial charge in [-0.25, -0.2) is 4.98 Å². The van der Waals surface area contributed by atoms with Gasteiger partial charge in [-0.3, -0.25) is 9.80 Å². The fourth-order valence-corrected chi connectivity index (χ4v) is 2.53. The number of nitrogens with two attached hydrogens (primary N) is 1. The van der Waals surface area contributed by atoms with Crippen LogP contribution in [0.15, 0.2) is 6.20 Å². The quantitative estimate of drug-likeness (QED) is 0.689. The Hall–Kier alpha value is -0.910. The van der Waals surface area contributed by atoms with Crippen molar-refractivity contribution < 1.29 is 0 Å². The van der Waals surface area contributed by atoms with Gasteiger partial charge in [0, 0.05) is 51.2 Å². The lowest BCUT2D eigenvalue weighted by molar-refractivity contribution is 0.00895. The summed E-state index contributed by atoms with van der Waals surface area (Å²) in [5.74, 6) is 1.08. The summed E-state index contributed by atoms with van der Waals surface area (Å²) in [5, 5.41) is 0. The van der Waals surface area contributed by atoms with E-state index in [-0.39, 0.29) is 0 Å². The lowest BCUT2D eigenvalue weighted by atomic mass is 10.1. The second kappa shape index (κ2) is 3.59. The summed E-state index contributed by atoms with van der Waals surface area (Å²) < 4.78 is 0. The van der Waals surface area contributed by atoms with Crippen molar-refractivity contribution in [3.8, 4) is 0 Å². The van der Waals surface area contributed by atoms with Crippen molar-refractivity contribution in [1.29, 1.82) is 0 Å². The molecule has 0 saturated carbocycles. The highest BCUT2D eigenvalue weighted by atomic mass is 15.4. The number of aromatic amines is 1. The van der Waals surface area contributed by atoms with E-state index in [2.05, 4.69) is 19.8 Å². The number of aromatic nitrogens is 2. The van der Waals surface area contributed by atoms with Crippen molar-refractivity contribution in [2.45, 2.75) is 12.6 Å². The van der Waals surface area contributed by atoms with Crippen LogP contribution >= 0.6 is 0 Å². The molecule has 1 aromatic rings. The molecule has 3 aliphatic heterocycles. The van der Waals surface area contributed by atoms with Gasteiger partial charge in [-0.05, 0) is 0 Å². The molecule has 0 spiro atoms. The van der Waals surface area contributed by atoms with E-state index in [0.717, 1.165) is 18.1 Å². The zero-order chi connectivity index (χ0) is 10.3. The second-order valence-electron chi connectivity index (χ2n) is 4.35. The summed E-state index contributed by atoms with van der Waals surface area (Å²) in [5.41, 5.74) is 6.60. The second-order valence-corrected chi connectivity index (χ2v) is 4.35. The van der Waals surface area contributed by atoms with E-state index in [1.165, 1.54) is 26.2 Å². The summed E-state index contributed by atoms with van der Waals surface area (Å²) in [6.45, 7) is 6.41. The van der Waals surface area contributed by atoms with Gasteiger partial charge in [-0.15, -0.1) is 0 Å². The number of piperazine rings is 3. The van der Waals surface area contributed by atoms with E-state index in [1.54, 1.807) is 0 Å². The Morgan fingerprint density at radius 2 is 2.20 bits per heavy atom. The Morgan fingerprint density at radius 3 is 2.73 bits per heavy atom. The molecule has 0 aliphatic carbocycles. The van der Waals surface area contributed by atoms with Crippen molar-refractivity contribution in [2.75, 3.05) is 32.7 Å². The first-order valence-corrected chi connectivity index (χ1v) is 5.57. The molecule has 0 aromatic carbocycles. The normalized spacial score (nSPS) is 34.6. The Labute approximate surface area is 89.3 Å². The van der Waals surface area contributed by atoms with Gasteiger partial charge in [-0.2, -0.15) is 0 Å². The van der Waals surface area contributed by atoms with Gasteiger partial charge in [-0.1, -0.05) is 0 Å². The number of imidazole rings is 1. The fourth-order valence-electron chi connectivity index (χ4n) is 2.53. The van der Waals surface area contributed by atoms with Gasteiger partial charge in [0.1, 0.15) is 5.82 Å². The molecular formula is C10H17N5. The van der Waals surface area contributed by atoms with E-state index in [1.807, 2.05) is 6.20 Å². The maximum absolute atomic E-state index is 5.57. The SMILES string of the molecule is NCc1cnc(C2CN3CCN2CC3)[nH]1. The van der Waals surface area contributed by atoms with Crippen molar-refractivity contribution in [2.24, 2.45) is 5.73 Å². The molecule has 1 unspecified atom stereocenters. The van der Waals surface area contributed by atoms with Gasteiger partial charge in [0.25, 0.3) is 0 Å². The minimum absolute atomic E-state index is 0.452. The smallest absolute Gasteiger partial charge is 0.125 e. The fraction of sp³-hybridized carbons (Fsp3) is 0.700. The van der Waals surface area contributed by atoms with Crippen molar-refractivity contribution in [3.63, 3.8) is 0 Å². The molecular weight excluding hydrogens is 190 g/mol. The van der Waals surface area contributed by atoms with Gasteiger partial charge >= 0.3 is 0 Å². The predicted octanol–water partition coefficient (Wildman–Crippen LogP) is -0.459. The van der Waals surface area contributed by atoms with Crippen LogP contribution in [0, 0.1) is 0 Å². The zero-order valence-corrected chi connectivity index (χ0v) is 8.82. The molecule has 0 radical (unpaired) electrons. The van der Waals surface area contributed by atoms with Crippen LogP contribution < -0.4 is 5.73 Å². The number of H-pyrrole nitrogens is 1. The molecule has 2 bridgehead atoms. The highest BCUT2D eigenvalue weighted by Gasteiger charge is 2.34. The number of fused-ring (bicyclic) bond motifs is 3. The van der Waals surface area contributed by atoms with Crippen LogP contribution in [-0.4, -0.2) is 52.5 Å². The zero-order valence-electron chi connectivity index (χ0n) is 8.82. The van der Waals surface area contributed by atoms with Crippen molar-refractivity contribution in [3.05, 3.63) is 17.7 Å². The van der Waals surface area contributed by atoms with E-state index in [9.17, 15) is 0 Å². The Kier molecular flexibility index (Phi) is 2.23. The van der Waals surface area contributed by atoms with Gasteiger partial charge < -0.3 is 10.7 Å². The maximum Gasteiger partial charge on any atom is 0.125 e. The van der Waals surface area contributed by atoms with Gasteiger partial charge in [0.05, 0.1) is 6.04 Å². The standard InChI is InChI=1S/C10H17N5/c11-5-8-6-12-10(13-8)9-7-14-1-3-15(9)4-2-14/h6,9H,1-5,7,11H2,(H,12,13). The van der Waals surface area contributed by atoms with E-state index in [4.69, 9.17) is 5.73 Å². The Morgan fingerprint density at radius 1 is 1.40 bits per heavy atom. The molecule has 82 valence electrons. The molecule has 1 atom stereocenters. The molecule has 3 aliphatic rings. The Balaban J connectivity index is 1.81. The number of hydrogen-bond acceptors (Lipinski definition) is 4. The van der Waals surface area contributed by atoms with Crippen LogP contribution in [-0.2, 0) is 6.54 Å². The van der Waals surface area contributed by atoms with Crippen LogP contribution in [0.4, 0.5) is 0 Å². The third-order valence-electron chi connectivity index (χ3n) is 3.46. The summed E-state index contributed by atoms with van der Waals surface area (Å²) in [6.07, 6.45) is 1.86. The third-order valence-corrected chi connectivity index (χ3v) is 3.46. The van der Waals surface area contributed by atoms with Crippen LogP contribution in [0.1, 0.15) is 17.6 Å². The van der Waals surface area contributed by atoms with Crippen molar-refractivity contribution >= 4 is 0 Å². The molecule has 0 amide bonds. The molecule has 3 N–H and O–H groups in total. The molecule has 5 nitrogen and oxygen atoms in total. The van der Waals surface area contributed by atoms with Crippen LogP contribution in [0.2, 0.25) is 0 Å². The van der Waals surface area contributed by atoms with Gasteiger partial charge in [0.2, 0.25) is 0 Å². The molecule has 5 heteroatoms. The first-order chi connectivity index (χ1) is 7.36. The average molecular weight is 207 g/mol. The number of nitrogens with zero attached hydrogens (tertiary/aromatic N) is 3. The highest BCUT2D eigenvalue weighted by molar-refractivity contribution is 5.07. The minimum Gasteiger partial charge on any atom is -0.343 e. The average Bonchev–Trinajstić information content (AvgIpc) is 2.79. The topological polar surface area (TPSA) is 61.2 Å². The Bertz CT molecular complexity index is 339. The van der Waals surface area contributed by atoms with E-state index >= 15 is 0 Å². The number of nitrogens with one attached hydrogen (secondary N) is 1. The summed E-state index contributed by atoms with van der Waals surface area (Å²) >= 11 is 0. The first-order valence-electron chi connectivity index (χ1n) is 5.57. The monoisotopic (exact) mass is 207 g/mol. The third kappa shape index (κ3) is 1.56. The molecule has 1 aromatic heterocycles. The summed E-state index contributed by atoms with van der Waals surface area (Å²) in [6, 6.07) is 0.452. The lowest BCUT2D eigenvalue weighted by Gasteiger charge is -2.46. The molecule has 4 heterocycles. The predicted molar refractivity (Wildman–Crippen MR) is 57.2 cm³/mol. The van der Waals surface area contributed by atoms with Gasteiger partial charge in [0.15, 0.2) is 0 Å². The summed E-state index contributed by atoms with van der Waals surface area (Å²) in [4.78, 5) is 12.8. The lowest BCUT2D eigenvalue weighted by Crippen LogP contribution is -2.57. The van der Waals surface area contributed by atoms with E-state index in [0.29, 0.717) is 12.6 Å². The molecule has 3 saturated heterocycles. The first kappa shape index (κ1) is 9.33.